The molecule has 0 atom stereocenters. The highest BCUT2D eigenvalue weighted by molar-refractivity contribution is 7.51. The van der Waals surface area contributed by atoms with Crippen LogP contribution >= 0.6 is 7.60 Å². The van der Waals surface area contributed by atoms with Gasteiger partial charge in [0, 0.05) is 6.54 Å². The van der Waals surface area contributed by atoms with Gasteiger partial charge in [-0.1, -0.05) is 39.0 Å². The van der Waals surface area contributed by atoms with Gasteiger partial charge in [0.05, 0.1) is 5.97 Å². The van der Waals surface area contributed by atoms with E-state index in [1.54, 1.807) is 0 Å². The number of carboxylic acids is 1. The van der Waals surface area contributed by atoms with Gasteiger partial charge < -0.3 is 19.7 Å². The van der Waals surface area contributed by atoms with Crippen LogP contribution in [0.1, 0.15) is 45.4 Å². The van der Waals surface area contributed by atoms with E-state index in [0.29, 0.717) is 6.54 Å². The molecule has 0 aliphatic carbocycles. The second-order valence-corrected chi connectivity index (χ2v) is 6.11. The summed E-state index contributed by atoms with van der Waals surface area (Å²) in [5.74, 6) is -1.31. The number of carbonyl (C=O) groups is 1. The standard InChI is InChI=1S/C11H24NO5P/c1-2-3-4-5-6-7-8-12(9-11(13)14)10-18(15,16)17/h2-10H2,1H3,(H,13,14)(H2,15,16,17)/p-1. The number of hydrogen-bond donors (Lipinski definition) is 2. The van der Waals surface area contributed by atoms with Gasteiger partial charge in [-0.2, -0.15) is 0 Å². The summed E-state index contributed by atoms with van der Waals surface area (Å²) in [4.78, 5) is 29.4. The summed E-state index contributed by atoms with van der Waals surface area (Å²) >= 11 is 0. The van der Waals surface area contributed by atoms with E-state index in [1.807, 2.05) is 0 Å². The molecule has 0 saturated carbocycles. The molecule has 0 unspecified atom stereocenters. The highest BCUT2D eigenvalue weighted by atomic mass is 31.2. The van der Waals surface area contributed by atoms with Gasteiger partial charge in [0.2, 0.25) is 0 Å². The maximum atomic E-state index is 10.8. The van der Waals surface area contributed by atoms with Crippen molar-refractivity contribution in [2.75, 3.05) is 19.4 Å². The summed E-state index contributed by atoms with van der Waals surface area (Å²) in [5.41, 5.74) is 0. The molecular weight excluding hydrogens is 257 g/mol. The molecule has 0 aromatic carbocycles. The van der Waals surface area contributed by atoms with Gasteiger partial charge in [0.1, 0.15) is 6.29 Å². The van der Waals surface area contributed by atoms with Crippen LogP contribution in [0.25, 0.3) is 0 Å². The molecule has 7 heteroatoms. The van der Waals surface area contributed by atoms with Crippen molar-refractivity contribution in [2.24, 2.45) is 0 Å². The van der Waals surface area contributed by atoms with E-state index < -0.39 is 26.4 Å². The minimum absolute atomic E-state index is 0.380. The average Bonchev–Trinajstić information content (AvgIpc) is 2.19. The monoisotopic (exact) mass is 280 g/mol. The molecule has 0 bridgehead atoms. The molecule has 0 aliphatic heterocycles. The van der Waals surface area contributed by atoms with Crippen LogP contribution in [-0.4, -0.2) is 40.0 Å². The molecule has 6 nitrogen and oxygen atoms in total. The first-order valence-corrected chi connectivity index (χ1v) is 8.11. The second-order valence-electron chi connectivity index (χ2n) is 4.50. The highest BCUT2D eigenvalue weighted by Crippen LogP contribution is 2.34. The number of rotatable bonds is 11. The van der Waals surface area contributed by atoms with E-state index in [1.165, 1.54) is 11.3 Å². The summed E-state index contributed by atoms with van der Waals surface area (Å²) in [6.45, 7) is 2.08. The third-order valence-corrected chi connectivity index (χ3v) is 3.33. The van der Waals surface area contributed by atoms with Crippen molar-refractivity contribution in [3.8, 4) is 0 Å². The van der Waals surface area contributed by atoms with E-state index in [2.05, 4.69) is 6.92 Å². The Kier molecular flexibility index (Phi) is 9.28. The third-order valence-electron chi connectivity index (χ3n) is 2.56. The minimum atomic E-state index is -4.21. The van der Waals surface area contributed by atoms with Gasteiger partial charge in [-0.15, -0.1) is 0 Å². The molecule has 0 amide bonds. The zero-order valence-corrected chi connectivity index (χ0v) is 11.8. The molecule has 0 aliphatic rings. The zero-order valence-electron chi connectivity index (χ0n) is 10.9. The van der Waals surface area contributed by atoms with Crippen LogP contribution < -0.4 is 5.11 Å². The smallest absolute Gasteiger partial charge is 0.339 e. The molecule has 0 saturated heterocycles. The second kappa shape index (κ2) is 9.50. The van der Waals surface area contributed by atoms with Crippen LogP contribution in [0.3, 0.4) is 0 Å². The van der Waals surface area contributed by atoms with Crippen LogP contribution in [0, 0.1) is 0 Å². The topological polar surface area (TPSA) is 101 Å². The van der Waals surface area contributed by atoms with Gasteiger partial charge >= 0.3 is 7.60 Å². The SMILES string of the molecule is CCCCCCCCN(CC(=O)[O-])CP(=O)(O)O. The van der Waals surface area contributed by atoms with Crippen molar-refractivity contribution in [1.29, 1.82) is 0 Å². The van der Waals surface area contributed by atoms with Crippen molar-refractivity contribution in [3.05, 3.63) is 0 Å². The zero-order chi connectivity index (χ0) is 14.0. The van der Waals surface area contributed by atoms with Crippen molar-refractivity contribution in [1.82, 2.24) is 4.90 Å². The summed E-state index contributed by atoms with van der Waals surface area (Å²) in [7, 11) is -4.21. The predicted octanol–water partition coefficient (Wildman–Crippen LogP) is 0.534. The Bertz CT molecular complexity index is 279. The predicted molar refractivity (Wildman–Crippen MR) is 66.9 cm³/mol. The quantitative estimate of drug-likeness (QED) is 0.423. The van der Waals surface area contributed by atoms with E-state index >= 15 is 0 Å². The van der Waals surface area contributed by atoms with Crippen molar-refractivity contribution in [3.63, 3.8) is 0 Å². The van der Waals surface area contributed by atoms with Crippen LogP contribution in [-0.2, 0) is 9.36 Å². The van der Waals surface area contributed by atoms with Gasteiger partial charge in [-0.3, -0.25) is 9.46 Å². The molecule has 108 valence electrons. The molecule has 0 radical (unpaired) electrons. The van der Waals surface area contributed by atoms with Gasteiger partial charge in [-0.25, -0.2) is 0 Å². The lowest BCUT2D eigenvalue weighted by atomic mass is 10.1. The van der Waals surface area contributed by atoms with Crippen LogP contribution in [0.4, 0.5) is 0 Å². The van der Waals surface area contributed by atoms with Crippen molar-refractivity contribution in [2.45, 2.75) is 45.4 Å². The molecule has 0 aromatic rings. The van der Waals surface area contributed by atoms with E-state index in [4.69, 9.17) is 9.79 Å². The molecule has 0 spiro atoms. The summed E-state index contributed by atoms with van der Waals surface area (Å²) in [5, 5.41) is 10.5. The van der Waals surface area contributed by atoms with E-state index in [9.17, 15) is 14.5 Å². The molecule has 18 heavy (non-hydrogen) atoms. The maximum Gasteiger partial charge on any atom is 0.339 e. The fraction of sp³-hybridized carbons (Fsp3) is 0.909. The molecule has 2 N–H and O–H groups in total. The lowest BCUT2D eigenvalue weighted by Crippen LogP contribution is -2.39. The molecule has 0 fully saturated rings. The Morgan fingerprint density at radius 3 is 2.22 bits per heavy atom. The van der Waals surface area contributed by atoms with Crippen molar-refractivity contribution >= 4 is 13.6 Å². The Morgan fingerprint density at radius 2 is 1.72 bits per heavy atom. The van der Waals surface area contributed by atoms with Crippen LogP contribution in [0.2, 0.25) is 0 Å². The fourth-order valence-corrected chi connectivity index (χ4v) is 2.52. The molecule has 0 aromatic heterocycles. The molecular formula is C11H23NO5P-. The number of carboxylic acid groups (broad SMARTS) is 1. The maximum absolute atomic E-state index is 10.8. The number of carbonyl (C=O) groups excluding carboxylic acids is 1. The van der Waals surface area contributed by atoms with E-state index in [-0.39, 0.29) is 0 Å². The first-order chi connectivity index (χ1) is 8.35. The summed E-state index contributed by atoms with van der Waals surface area (Å²) < 4.78 is 10.8. The number of aliphatic carboxylic acids is 1. The fourth-order valence-electron chi connectivity index (χ4n) is 1.76. The Balaban J connectivity index is 3.87. The largest absolute Gasteiger partial charge is 0.549 e. The lowest BCUT2D eigenvalue weighted by molar-refractivity contribution is -0.306. The Morgan fingerprint density at radius 1 is 1.17 bits per heavy atom. The lowest BCUT2D eigenvalue weighted by Gasteiger charge is -2.22. The van der Waals surface area contributed by atoms with Gasteiger partial charge in [0.15, 0.2) is 0 Å². The average molecular weight is 280 g/mol. The van der Waals surface area contributed by atoms with Gasteiger partial charge in [-0.05, 0) is 13.0 Å². The van der Waals surface area contributed by atoms with Crippen LogP contribution in [0.5, 0.6) is 0 Å². The minimum Gasteiger partial charge on any atom is -0.549 e. The normalized spacial score (nSPS) is 12.0. The van der Waals surface area contributed by atoms with Crippen molar-refractivity contribution < 1.29 is 24.3 Å². The Hall–Kier alpha value is -0.420. The van der Waals surface area contributed by atoms with E-state index in [0.717, 1.165) is 32.1 Å². The summed E-state index contributed by atoms with van der Waals surface area (Å²) in [6, 6.07) is 0. The van der Waals surface area contributed by atoms with Gasteiger partial charge in [0.25, 0.3) is 0 Å². The molecule has 0 heterocycles. The molecule has 0 rings (SSSR count). The number of nitrogens with zero attached hydrogens (tertiary/aromatic N) is 1. The highest BCUT2D eigenvalue weighted by Gasteiger charge is 2.18. The number of hydrogen-bond acceptors (Lipinski definition) is 4. The summed E-state index contributed by atoms with van der Waals surface area (Å²) in [6.07, 6.45) is 5.75. The first kappa shape index (κ1) is 17.6. The number of unbranched alkanes of at least 4 members (excludes halogenated alkanes) is 5. The first-order valence-electron chi connectivity index (χ1n) is 6.32. The van der Waals surface area contributed by atoms with Crippen LogP contribution in [0.15, 0.2) is 0 Å². The Labute approximate surface area is 108 Å². The third kappa shape index (κ3) is 12.0.